The highest BCUT2D eigenvalue weighted by atomic mass is 32.1. The van der Waals surface area contributed by atoms with Gasteiger partial charge in [-0.2, -0.15) is 16.3 Å². The Kier molecular flexibility index (Phi) is 4.57. The molecule has 5 nitrogen and oxygen atoms in total. The van der Waals surface area contributed by atoms with Crippen LogP contribution in [0, 0.1) is 0 Å². The third kappa shape index (κ3) is 3.57. The molecule has 0 fully saturated rings. The normalized spacial score (nSPS) is 12.1. The lowest BCUT2D eigenvalue weighted by molar-refractivity contribution is 0.328. The summed E-state index contributed by atoms with van der Waals surface area (Å²) >= 11 is 1.70. The van der Waals surface area contributed by atoms with Gasteiger partial charge in [0.15, 0.2) is 5.82 Å². The topological polar surface area (TPSA) is 73.1 Å². The van der Waals surface area contributed by atoms with Crippen LogP contribution in [-0.2, 0) is 6.42 Å². The summed E-state index contributed by atoms with van der Waals surface area (Å²) in [6, 6.07) is 2.36. The highest BCUT2D eigenvalue weighted by Crippen LogP contribution is 2.25. The van der Waals surface area contributed by atoms with Gasteiger partial charge in [-0.25, -0.2) is 4.98 Å². The quantitative estimate of drug-likeness (QED) is 0.849. The monoisotopic (exact) mass is 278 g/mol. The first-order valence-corrected chi connectivity index (χ1v) is 7.15. The predicted molar refractivity (Wildman–Crippen MR) is 78.7 cm³/mol. The molecule has 0 aliphatic heterocycles. The Bertz CT molecular complexity index is 515. The van der Waals surface area contributed by atoms with E-state index >= 15 is 0 Å². The lowest BCUT2D eigenvalue weighted by atomic mass is 10.1. The fraction of sp³-hybridized carbons (Fsp3) is 0.385. The summed E-state index contributed by atoms with van der Waals surface area (Å²) < 4.78 is 5.35. The fourth-order valence-corrected chi connectivity index (χ4v) is 2.47. The summed E-state index contributed by atoms with van der Waals surface area (Å²) in [4.78, 5) is 8.18. The van der Waals surface area contributed by atoms with E-state index in [1.807, 2.05) is 6.92 Å². The first kappa shape index (κ1) is 13.6. The second-order valence-electron chi connectivity index (χ2n) is 4.26. The molecule has 2 aromatic heterocycles. The number of ether oxygens (including phenoxy) is 1. The average Bonchev–Trinajstić information content (AvgIpc) is 2.87. The van der Waals surface area contributed by atoms with Crippen molar-refractivity contribution in [1.82, 2.24) is 9.97 Å². The van der Waals surface area contributed by atoms with E-state index in [1.54, 1.807) is 11.3 Å². The summed E-state index contributed by atoms with van der Waals surface area (Å²) in [5.74, 6) is 1.06. The van der Waals surface area contributed by atoms with Crippen LogP contribution in [0.1, 0.15) is 19.4 Å². The molecule has 0 saturated heterocycles. The van der Waals surface area contributed by atoms with Gasteiger partial charge >= 0.3 is 0 Å². The molecule has 0 aliphatic carbocycles. The molecule has 0 spiro atoms. The minimum absolute atomic E-state index is 0.237. The Morgan fingerprint density at radius 1 is 1.47 bits per heavy atom. The number of hydrogen-bond donors (Lipinski definition) is 2. The third-order valence-electron chi connectivity index (χ3n) is 2.63. The molecule has 3 N–H and O–H groups in total. The van der Waals surface area contributed by atoms with Crippen LogP contribution in [0.25, 0.3) is 0 Å². The Hall–Kier alpha value is -1.82. The SMILES string of the molecule is CCOc1ncnc(NC(C)Cc2ccsc2)c1N. The lowest BCUT2D eigenvalue weighted by Gasteiger charge is -2.16. The number of nitrogens with zero attached hydrogens (tertiary/aromatic N) is 2. The Balaban J connectivity index is 2.04. The second kappa shape index (κ2) is 6.38. The van der Waals surface area contributed by atoms with Gasteiger partial charge in [-0.1, -0.05) is 0 Å². The number of thiophene rings is 1. The van der Waals surface area contributed by atoms with E-state index < -0.39 is 0 Å². The number of hydrogen-bond acceptors (Lipinski definition) is 6. The van der Waals surface area contributed by atoms with Crippen LogP contribution in [0.5, 0.6) is 5.88 Å². The number of nitrogens with one attached hydrogen (secondary N) is 1. The average molecular weight is 278 g/mol. The van der Waals surface area contributed by atoms with Gasteiger partial charge < -0.3 is 15.8 Å². The molecular formula is C13H18N4OS. The number of rotatable bonds is 6. The summed E-state index contributed by atoms with van der Waals surface area (Å²) in [5, 5.41) is 7.52. The maximum absolute atomic E-state index is 5.98. The zero-order chi connectivity index (χ0) is 13.7. The minimum atomic E-state index is 0.237. The molecule has 2 heterocycles. The molecule has 0 amide bonds. The molecule has 0 saturated carbocycles. The lowest BCUT2D eigenvalue weighted by Crippen LogP contribution is -2.20. The van der Waals surface area contributed by atoms with Crippen molar-refractivity contribution in [3.63, 3.8) is 0 Å². The van der Waals surface area contributed by atoms with Gasteiger partial charge in [-0.05, 0) is 42.7 Å². The van der Waals surface area contributed by atoms with Crippen molar-refractivity contribution in [2.24, 2.45) is 0 Å². The molecule has 6 heteroatoms. The van der Waals surface area contributed by atoms with E-state index in [9.17, 15) is 0 Å². The number of aromatic nitrogens is 2. The molecule has 0 aromatic carbocycles. The van der Waals surface area contributed by atoms with Crippen molar-refractivity contribution in [2.75, 3.05) is 17.7 Å². The standard InChI is InChI=1S/C13H18N4OS/c1-3-18-13-11(14)12(15-8-16-13)17-9(2)6-10-4-5-19-7-10/h4-5,7-9H,3,6,14H2,1-2H3,(H,15,16,17). The number of nitrogens with two attached hydrogens (primary N) is 1. The molecule has 0 radical (unpaired) electrons. The maximum Gasteiger partial charge on any atom is 0.242 e. The van der Waals surface area contributed by atoms with Crippen molar-refractivity contribution >= 4 is 22.8 Å². The fourth-order valence-electron chi connectivity index (χ4n) is 1.79. The van der Waals surface area contributed by atoms with Crippen LogP contribution < -0.4 is 15.8 Å². The van der Waals surface area contributed by atoms with Gasteiger partial charge in [0, 0.05) is 6.04 Å². The largest absolute Gasteiger partial charge is 0.476 e. The van der Waals surface area contributed by atoms with Gasteiger partial charge in [0.25, 0.3) is 0 Å². The van der Waals surface area contributed by atoms with Crippen LogP contribution in [0.2, 0.25) is 0 Å². The van der Waals surface area contributed by atoms with Gasteiger partial charge in [-0.15, -0.1) is 0 Å². The molecule has 1 unspecified atom stereocenters. The molecule has 2 aromatic rings. The van der Waals surface area contributed by atoms with Crippen LogP contribution in [0.15, 0.2) is 23.2 Å². The van der Waals surface area contributed by atoms with Crippen LogP contribution >= 0.6 is 11.3 Å². The summed E-state index contributed by atoms with van der Waals surface area (Å²) in [5.41, 5.74) is 7.75. The molecular weight excluding hydrogens is 260 g/mol. The van der Waals surface area contributed by atoms with E-state index in [0.29, 0.717) is 24.0 Å². The van der Waals surface area contributed by atoms with Crippen molar-refractivity contribution < 1.29 is 4.74 Å². The van der Waals surface area contributed by atoms with Gasteiger partial charge in [0.2, 0.25) is 5.88 Å². The third-order valence-corrected chi connectivity index (χ3v) is 3.37. The van der Waals surface area contributed by atoms with E-state index in [2.05, 4.69) is 39.0 Å². The second-order valence-corrected chi connectivity index (χ2v) is 5.04. The van der Waals surface area contributed by atoms with Crippen molar-refractivity contribution in [3.8, 4) is 5.88 Å². The first-order valence-electron chi connectivity index (χ1n) is 6.21. The van der Waals surface area contributed by atoms with Crippen LogP contribution in [-0.4, -0.2) is 22.6 Å². The highest BCUT2D eigenvalue weighted by Gasteiger charge is 2.11. The number of anilines is 2. The van der Waals surface area contributed by atoms with Crippen molar-refractivity contribution in [2.45, 2.75) is 26.3 Å². The molecule has 0 aliphatic rings. The maximum atomic E-state index is 5.98. The molecule has 19 heavy (non-hydrogen) atoms. The molecule has 1 atom stereocenters. The van der Waals surface area contributed by atoms with Gasteiger partial charge in [0.05, 0.1) is 6.61 Å². The summed E-state index contributed by atoms with van der Waals surface area (Å²) in [6.07, 6.45) is 2.39. The smallest absolute Gasteiger partial charge is 0.242 e. The van der Waals surface area contributed by atoms with Crippen molar-refractivity contribution in [3.05, 3.63) is 28.7 Å². The molecule has 2 rings (SSSR count). The first-order chi connectivity index (χ1) is 9.20. The molecule has 102 valence electrons. The zero-order valence-corrected chi connectivity index (χ0v) is 11.9. The number of nitrogen functional groups attached to an aromatic ring is 1. The van der Waals surface area contributed by atoms with Crippen LogP contribution in [0.3, 0.4) is 0 Å². The van der Waals surface area contributed by atoms with E-state index in [-0.39, 0.29) is 6.04 Å². The van der Waals surface area contributed by atoms with E-state index in [0.717, 1.165) is 6.42 Å². The highest BCUT2D eigenvalue weighted by molar-refractivity contribution is 7.07. The summed E-state index contributed by atoms with van der Waals surface area (Å²) in [6.45, 7) is 4.53. The zero-order valence-electron chi connectivity index (χ0n) is 11.1. The predicted octanol–water partition coefficient (Wildman–Crippen LogP) is 2.56. The Morgan fingerprint density at radius 2 is 2.32 bits per heavy atom. The Morgan fingerprint density at radius 3 is 3.00 bits per heavy atom. The van der Waals surface area contributed by atoms with E-state index in [1.165, 1.54) is 11.9 Å². The van der Waals surface area contributed by atoms with Gasteiger partial charge in [0.1, 0.15) is 12.0 Å². The Labute approximate surface area is 116 Å². The van der Waals surface area contributed by atoms with Crippen molar-refractivity contribution in [1.29, 1.82) is 0 Å². The van der Waals surface area contributed by atoms with Crippen LogP contribution in [0.4, 0.5) is 11.5 Å². The summed E-state index contributed by atoms with van der Waals surface area (Å²) in [7, 11) is 0. The molecule has 0 bridgehead atoms. The van der Waals surface area contributed by atoms with Gasteiger partial charge in [-0.3, -0.25) is 0 Å². The van der Waals surface area contributed by atoms with E-state index in [4.69, 9.17) is 10.5 Å². The minimum Gasteiger partial charge on any atom is -0.476 e.